The van der Waals surface area contributed by atoms with Gasteiger partial charge in [-0.05, 0) is 6.07 Å². The Kier molecular flexibility index (Phi) is 4.67. The summed E-state index contributed by atoms with van der Waals surface area (Å²) in [4.78, 5) is 20.3. The van der Waals surface area contributed by atoms with Gasteiger partial charge in [-0.25, -0.2) is 4.98 Å². The Morgan fingerprint density at radius 3 is 2.93 bits per heavy atom. The molecule has 0 fully saturated rings. The monoisotopic (exact) mass is 381 g/mol. The standard InChI is InChI=1S/C18H19N7O3/c1-25-10-12(8-22-25)23-18-21-9-13(16(19)26)17(24-18)20-7-11-3-2-4-14-15(11)28-6-5-27-14/h2-4,8-10H,5-7H2,1H3,(H2,19,26)(H2,20,21,23,24). The number of ether oxygens (including phenoxy) is 2. The largest absolute Gasteiger partial charge is 0.486 e. The van der Waals surface area contributed by atoms with Crippen molar-refractivity contribution in [2.24, 2.45) is 12.8 Å². The van der Waals surface area contributed by atoms with E-state index in [4.69, 9.17) is 15.2 Å². The van der Waals surface area contributed by atoms with E-state index in [-0.39, 0.29) is 5.56 Å². The molecule has 1 aromatic carbocycles. The molecule has 0 unspecified atom stereocenters. The maximum atomic E-state index is 11.8. The molecule has 0 aliphatic carbocycles. The van der Waals surface area contributed by atoms with Crippen molar-refractivity contribution < 1.29 is 14.3 Å². The minimum Gasteiger partial charge on any atom is -0.486 e. The first-order chi connectivity index (χ1) is 13.6. The first kappa shape index (κ1) is 17.6. The van der Waals surface area contributed by atoms with Gasteiger partial charge in [0.25, 0.3) is 5.91 Å². The maximum absolute atomic E-state index is 11.8. The number of fused-ring (bicyclic) bond motifs is 1. The van der Waals surface area contributed by atoms with Crippen molar-refractivity contribution in [3.8, 4) is 11.5 Å². The van der Waals surface area contributed by atoms with Crippen LogP contribution in [0.3, 0.4) is 0 Å². The van der Waals surface area contributed by atoms with Crippen molar-refractivity contribution in [1.82, 2.24) is 19.7 Å². The van der Waals surface area contributed by atoms with Crippen molar-refractivity contribution in [3.63, 3.8) is 0 Å². The van der Waals surface area contributed by atoms with Gasteiger partial charge in [-0.3, -0.25) is 9.48 Å². The number of rotatable bonds is 6. The summed E-state index contributed by atoms with van der Waals surface area (Å²) in [6.07, 6.45) is 4.81. The van der Waals surface area contributed by atoms with Crippen LogP contribution in [0.25, 0.3) is 0 Å². The molecule has 144 valence electrons. The molecule has 0 radical (unpaired) electrons. The van der Waals surface area contributed by atoms with Gasteiger partial charge in [-0.1, -0.05) is 12.1 Å². The molecule has 4 rings (SSSR count). The summed E-state index contributed by atoms with van der Waals surface area (Å²) in [7, 11) is 1.81. The Labute approximate surface area is 160 Å². The predicted molar refractivity (Wildman–Crippen MR) is 102 cm³/mol. The lowest BCUT2D eigenvalue weighted by atomic mass is 10.1. The Bertz CT molecular complexity index is 1020. The van der Waals surface area contributed by atoms with Gasteiger partial charge in [-0.15, -0.1) is 0 Å². The van der Waals surface area contributed by atoms with Gasteiger partial charge in [-0.2, -0.15) is 10.1 Å². The predicted octanol–water partition coefficient (Wildman–Crippen LogP) is 1.44. The van der Waals surface area contributed by atoms with Crippen molar-refractivity contribution in [3.05, 3.63) is 47.9 Å². The van der Waals surface area contributed by atoms with Crippen molar-refractivity contribution in [1.29, 1.82) is 0 Å². The summed E-state index contributed by atoms with van der Waals surface area (Å²) in [6, 6.07) is 5.66. The van der Waals surface area contributed by atoms with Gasteiger partial charge in [0.05, 0.1) is 17.4 Å². The Hall–Kier alpha value is -3.82. The molecule has 0 spiro atoms. The quantitative estimate of drug-likeness (QED) is 0.585. The number of hydrogen-bond donors (Lipinski definition) is 3. The van der Waals surface area contributed by atoms with Gasteiger partial charge in [0.15, 0.2) is 11.5 Å². The number of nitrogens with zero attached hydrogens (tertiary/aromatic N) is 4. The zero-order valence-electron chi connectivity index (χ0n) is 15.2. The maximum Gasteiger partial charge on any atom is 0.254 e. The second-order valence-electron chi connectivity index (χ2n) is 6.14. The van der Waals surface area contributed by atoms with Crippen LogP contribution in [0.1, 0.15) is 15.9 Å². The minimum absolute atomic E-state index is 0.193. The van der Waals surface area contributed by atoms with Gasteiger partial charge < -0.3 is 25.8 Å². The number of hydrogen-bond acceptors (Lipinski definition) is 8. The molecule has 0 atom stereocenters. The average Bonchev–Trinajstić information content (AvgIpc) is 3.11. The third kappa shape index (κ3) is 3.65. The summed E-state index contributed by atoms with van der Waals surface area (Å²) >= 11 is 0. The summed E-state index contributed by atoms with van der Waals surface area (Å²) < 4.78 is 13.0. The van der Waals surface area contributed by atoms with E-state index in [1.165, 1.54) is 6.20 Å². The Morgan fingerprint density at radius 1 is 1.29 bits per heavy atom. The third-order valence-corrected chi connectivity index (χ3v) is 4.11. The highest BCUT2D eigenvalue weighted by Gasteiger charge is 2.17. The number of nitrogens with two attached hydrogens (primary N) is 1. The highest BCUT2D eigenvalue weighted by atomic mass is 16.6. The number of amides is 1. The molecular formula is C18H19N7O3. The molecule has 3 aromatic rings. The second-order valence-corrected chi connectivity index (χ2v) is 6.14. The number of anilines is 3. The number of carbonyl (C=O) groups excluding carboxylic acids is 1. The SMILES string of the molecule is Cn1cc(Nc2ncc(C(N)=O)c(NCc3cccc4c3OCCO4)n2)cn1. The topological polar surface area (TPSA) is 129 Å². The van der Waals surface area contributed by atoms with Crippen LogP contribution < -0.4 is 25.8 Å². The summed E-state index contributed by atoms with van der Waals surface area (Å²) in [5.74, 6) is 1.40. The first-order valence-electron chi connectivity index (χ1n) is 8.64. The van der Waals surface area contributed by atoms with E-state index in [2.05, 4.69) is 25.7 Å². The molecule has 2 aromatic heterocycles. The molecule has 28 heavy (non-hydrogen) atoms. The molecule has 10 nitrogen and oxygen atoms in total. The molecule has 4 N–H and O–H groups in total. The van der Waals surface area contributed by atoms with E-state index in [1.54, 1.807) is 17.1 Å². The van der Waals surface area contributed by atoms with Gasteiger partial charge in [0.2, 0.25) is 5.95 Å². The van der Waals surface area contributed by atoms with Crippen LogP contribution in [-0.2, 0) is 13.6 Å². The fourth-order valence-corrected chi connectivity index (χ4v) is 2.82. The molecule has 1 amide bonds. The third-order valence-electron chi connectivity index (χ3n) is 4.11. The highest BCUT2D eigenvalue weighted by molar-refractivity contribution is 5.97. The summed E-state index contributed by atoms with van der Waals surface area (Å²) in [6.45, 7) is 1.38. The van der Waals surface area contributed by atoms with Crippen LogP contribution in [0.4, 0.5) is 17.5 Å². The van der Waals surface area contributed by atoms with Gasteiger partial charge in [0, 0.05) is 31.5 Å². The lowest BCUT2D eigenvalue weighted by Gasteiger charge is -2.21. The van der Waals surface area contributed by atoms with Crippen LogP contribution >= 0.6 is 0 Å². The Balaban J connectivity index is 1.57. The lowest BCUT2D eigenvalue weighted by molar-refractivity contribution is 0.100. The number of carbonyl (C=O) groups is 1. The van der Waals surface area contributed by atoms with Crippen LogP contribution in [-0.4, -0.2) is 38.9 Å². The van der Waals surface area contributed by atoms with Crippen LogP contribution in [0.5, 0.6) is 11.5 Å². The van der Waals surface area contributed by atoms with E-state index in [1.807, 2.05) is 25.2 Å². The lowest BCUT2D eigenvalue weighted by Crippen LogP contribution is -2.19. The number of primary amides is 1. The molecular weight excluding hydrogens is 362 g/mol. The normalized spacial score (nSPS) is 12.5. The second kappa shape index (κ2) is 7.43. The van der Waals surface area contributed by atoms with E-state index < -0.39 is 5.91 Å². The van der Waals surface area contributed by atoms with Crippen LogP contribution in [0.2, 0.25) is 0 Å². The molecule has 1 aliphatic heterocycles. The van der Waals surface area contributed by atoms with Crippen LogP contribution in [0.15, 0.2) is 36.8 Å². The molecule has 1 aliphatic rings. The number of aromatic nitrogens is 4. The smallest absolute Gasteiger partial charge is 0.254 e. The minimum atomic E-state index is -0.620. The summed E-state index contributed by atoms with van der Waals surface area (Å²) in [5, 5.41) is 10.3. The molecule has 0 bridgehead atoms. The fourth-order valence-electron chi connectivity index (χ4n) is 2.82. The molecule has 0 saturated carbocycles. The van der Waals surface area contributed by atoms with E-state index in [9.17, 15) is 4.79 Å². The van der Waals surface area contributed by atoms with E-state index >= 15 is 0 Å². The zero-order chi connectivity index (χ0) is 19.5. The number of para-hydroxylation sites is 1. The van der Waals surface area contributed by atoms with Gasteiger partial charge in [0.1, 0.15) is 19.0 Å². The van der Waals surface area contributed by atoms with E-state index in [0.29, 0.717) is 43.0 Å². The van der Waals surface area contributed by atoms with Crippen molar-refractivity contribution >= 4 is 23.4 Å². The first-order valence-corrected chi connectivity index (χ1v) is 8.64. The van der Waals surface area contributed by atoms with Crippen molar-refractivity contribution in [2.75, 3.05) is 23.8 Å². The fraction of sp³-hybridized carbons (Fsp3) is 0.222. The number of benzene rings is 1. The Morgan fingerprint density at radius 2 is 2.14 bits per heavy atom. The van der Waals surface area contributed by atoms with Crippen molar-refractivity contribution in [2.45, 2.75) is 6.54 Å². The average molecular weight is 381 g/mol. The molecule has 0 saturated heterocycles. The van der Waals surface area contributed by atoms with E-state index in [0.717, 1.165) is 11.3 Å². The molecule has 10 heteroatoms. The highest BCUT2D eigenvalue weighted by Crippen LogP contribution is 2.34. The summed E-state index contributed by atoms with van der Waals surface area (Å²) in [5.41, 5.74) is 7.26. The molecule has 3 heterocycles. The van der Waals surface area contributed by atoms with Crippen LogP contribution in [0, 0.1) is 0 Å². The number of aryl methyl sites for hydroxylation is 1. The number of nitrogens with one attached hydrogen (secondary N) is 2. The zero-order valence-corrected chi connectivity index (χ0v) is 15.2. The van der Waals surface area contributed by atoms with Gasteiger partial charge >= 0.3 is 0 Å².